The Bertz CT molecular complexity index is 549. The second-order valence-electron chi connectivity index (χ2n) is 3.95. The van der Waals surface area contributed by atoms with Crippen molar-refractivity contribution in [2.45, 2.75) is 17.1 Å². The van der Waals surface area contributed by atoms with Crippen molar-refractivity contribution >= 4 is 10.8 Å². The summed E-state index contributed by atoms with van der Waals surface area (Å²) in [4.78, 5) is 0.563. The molecule has 0 aliphatic carbocycles. The van der Waals surface area contributed by atoms with Crippen molar-refractivity contribution in [1.29, 1.82) is 0 Å². The Morgan fingerprint density at radius 2 is 1.33 bits per heavy atom. The van der Waals surface area contributed by atoms with E-state index in [-0.39, 0.29) is 16.9 Å². The molecule has 18 heavy (non-hydrogen) atoms. The fourth-order valence-electron chi connectivity index (χ4n) is 1.63. The lowest BCUT2D eigenvalue weighted by Gasteiger charge is -2.11. The molecule has 0 unspecified atom stereocenters. The maximum atomic E-state index is 12.8. The van der Waals surface area contributed by atoms with Crippen LogP contribution < -0.4 is 0 Å². The summed E-state index contributed by atoms with van der Waals surface area (Å²) < 4.78 is 37.8. The average Bonchev–Trinajstić information content (AvgIpc) is 2.39. The topological polar surface area (TPSA) is 17.1 Å². The van der Waals surface area contributed by atoms with E-state index in [1.807, 2.05) is 0 Å². The van der Waals surface area contributed by atoms with Crippen molar-refractivity contribution in [3.05, 3.63) is 65.7 Å². The summed E-state index contributed by atoms with van der Waals surface area (Å²) in [5.74, 6) is -0.677. The van der Waals surface area contributed by atoms with Gasteiger partial charge in [-0.25, -0.2) is 8.78 Å². The molecule has 0 aliphatic heterocycles. The van der Waals surface area contributed by atoms with Gasteiger partial charge in [-0.15, -0.1) is 0 Å². The van der Waals surface area contributed by atoms with Crippen molar-refractivity contribution in [3.8, 4) is 0 Å². The first-order valence-electron chi connectivity index (χ1n) is 5.49. The summed E-state index contributed by atoms with van der Waals surface area (Å²) in [6.07, 6.45) is 0. The lowest BCUT2D eigenvalue weighted by molar-refractivity contribution is 0.625. The maximum absolute atomic E-state index is 12.8. The molecule has 0 N–H and O–H groups in total. The number of benzene rings is 2. The smallest absolute Gasteiger partial charge is 0.123 e. The average molecular weight is 266 g/mol. The minimum Gasteiger partial charge on any atom is -0.254 e. The molecular weight excluding hydrogens is 254 g/mol. The van der Waals surface area contributed by atoms with E-state index in [1.165, 1.54) is 36.4 Å². The summed E-state index contributed by atoms with van der Waals surface area (Å²) in [5, 5.41) is -0.268. The zero-order valence-electron chi connectivity index (χ0n) is 9.77. The quantitative estimate of drug-likeness (QED) is 0.825. The number of hydrogen-bond donors (Lipinski definition) is 0. The van der Waals surface area contributed by atoms with E-state index < -0.39 is 10.8 Å². The van der Waals surface area contributed by atoms with Crippen LogP contribution in [-0.4, -0.2) is 4.21 Å². The summed E-state index contributed by atoms with van der Waals surface area (Å²) >= 11 is 0. The molecule has 2 atom stereocenters. The van der Waals surface area contributed by atoms with Crippen LogP contribution >= 0.6 is 0 Å². The van der Waals surface area contributed by atoms with Gasteiger partial charge in [0, 0.05) is 4.90 Å². The van der Waals surface area contributed by atoms with Gasteiger partial charge in [-0.2, -0.15) is 0 Å². The molecule has 4 heteroatoms. The first-order valence-corrected chi connectivity index (χ1v) is 6.71. The SMILES string of the molecule is C[C@@H](c1ccc(F)cc1)[S@](=O)c1ccc(F)cc1. The van der Waals surface area contributed by atoms with Crippen LogP contribution in [0.4, 0.5) is 8.78 Å². The third-order valence-electron chi connectivity index (χ3n) is 2.71. The largest absolute Gasteiger partial charge is 0.254 e. The highest BCUT2D eigenvalue weighted by atomic mass is 32.2. The Morgan fingerprint density at radius 3 is 1.83 bits per heavy atom. The van der Waals surface area contributed by atoms with Crippen LogP contribution in [0.1, 0.15) is 17.7 Å². The van der Waals surface area contributed by atoms with E-state index in [1.54, 1.807) is 19.1 Å². The van der Waals surface area contributed by atoms with Gasteiger partial charge in [-0.1, -0.05) is 12.1 Å². The van der Waals surface area contributed by atoms with Crippen LogP contribution in [0.5, 0.6) is 0 Å². The van der Waals surface area contributed by atoms with E-state index in [0.717, 1.165) is 5.56 Å². The fourth-order valence-corrected chi connectivity index (χ4v) is 2.85. The highest BCUT2D eigenvalue weighted by Gasteiger charge is 2.15. The van der Waals surface area contributed by atoms with E-state index in [0.29, 0.717) is 4.90 Å². The third-order valence-corrected chi connectivity index (χ3v) is 4.36. The Labute approximate surface area is 107 Å². The van der Waals surface area contributed by atoms with Crippen molar-refractivity contribution in [2.24, 2.45) is 0 Å². The van der Waals surface area contributed by atoms with Gasteiger partial charge in [0.2, 0.25) is 0 Å². The molecule has 0 radical (unpaired) electrons. The van der Waals surface area contributed by atoms with E-state index in [9.17, 15) is 13.0 Å². The van der Waals surface area contributed by atoms with Crippen LogP contribution in [0.15, 0.2) is 53.4 Å². The van der Waals surface area contributed by atoms with Crippen LogP contribution in [0.3, 0.4) is 0 Å². The molecular formula is C14H12F2OS. The molecule has 0 aliphatic rings. The van der Waals surface area contributed by atoms with Gasteiger partial charge in [-0.3, -0.25) is 4.21 Å². The normalized spacial score (nSPS) is 14.2. The maximum Gasteiger partial charge on any atom is 0.123 e. The van der Waals surface area contributed by atoms with Gasteiger partial charge in [-0.05, 0) is 48.9 Å². The molecule has 0 saturated carbocycles. The van der Waals surface area contributed by atoms with Crippen LogP contribution in [0.2, 0.25) is 0 Å². The van der Waals surface area contributed by atoms with Gasteiger partial charge in [0.15, 0.2) is 0 Å². The first kappa shape index (κ1) is 12.9. The highest BCUT2D eigenvalue weighted by Crippen LogP contribution is 2.24. The van der Waals surface area contributed by atoms with Crippen molar-refractivity contribution in [1.82, 2.24) is 0 Å². The van der Waals surface area contributed by atoms with Crippen LogP contribution in [0, 0.1) is 11.6 Å². The van der Waals surface area contributed by atoms with Crippen LogP contribution in [-0.2, 0) is 10.8 Å². The molecule has 0 fully saturated rings. The first-order chi connectivity index (χ1) is 8.58. The van der Waals surface area contributed by atoms with Gasteiger partial charge in [0.05, 0.1) is 16.0 Å². The minimum atomic E-state index is -1.28. The van der Waals surface area contributed by atoms with Crippen LogP contribution in [0.25, 0.3) is 0 Å². The molecule has 0 heterocycles. The van der Waals surface area contributed by atoms with E-state index >= 15 is 0 Å². The van der Waals surface area contributed by atoms with Gasteiger partial charge < -0.3 is 0 Å². The molecule has 0 spiro atoms. The molecule has 2 aromatic carbocycles. The zero-order chi connectivity index (χ0) is 13.1. The summed E-state index contributed by atoms with van der Waals surface area (Å²) in [5.41, 5.74) is 0.791. The summed E-state index contributed by atoms with van der Waals surface area (Å²) in [6.45, 7) is 1.80. The zero-order valence-corrected chi connectivity index (χ0v) is 10.6. The molecule has 2 rings (SSSR count). The van der Waals surface area contributed by atoms with E-state index in [2.05, 4.69) is 0 Å². The number of halogens is 2. The highest BCUT2D eigenvalue weighted by molar-refractivity contribution is 7.85. The standard InChI is InChI=1S/C14H12F2OS/c1-10(11-2-4-12(15)5-3-11)18(17)14-8-6-13(16)7-9-14/h2-10H,1H3/t10-,18-/m0/s1. The Hall–Kier alpha value is -1.55. The van der Waals surface area contributed by atoms with Crippen molar-refractivity contribution in [2.75, 3.05) is 0 Å². The minimum absolute atomic E-state index is 0.268. The van der Waals surface area contributed by atoms with Crippen molar-refractivity contribution in [3.63, 3.8) is 0 Å². The van der Waals surface area contributed by atoms with Crippen molar-refractivity contribution < 1.29 is 13.0 Å². The number of rotatable bonds is 3. The predicted molar refractivity (Wildman–Crippen MR) is 67.6 cm³/mol. The van der Waals surface area contributed by atoms with Gasteiger partial charge >= 0.3 is 0 Å². The monoisotopic (exact) mass is 266 g/mol. The second-order valence-corrected chi connectivity index (χ2v) is 5.72. The molecule has 0 amide bonds. The summed E-state index contributed by atoms with van der Waals surface area (Å²) in [7, 11) is -1.28. The third kappa shape index (κ3) is 2.82. The fraction of sp³-hybridized carbons (Fsp3) is 0.143. The lowest BCUT2D eigenvalue weighted by atomic mass is 10.2. The van der Waals surface area contributed by atoms with Gasteiger partial charge in [0.1, 0.15) is 11.6 Å². The molecule has 94 valence electrons. The Balaban J connectivity index is 2.23. The molecule has 0 bridgehead atoms. The Kier molecular flexibility index (Phi) is 3.87. The Morgan fingerprint density at radius 1 is 0.889 bits per heavy atom. The predicted octanol–water partition coefficient (Wildman–Crippen LogP) is 3.83. The van der Waals surface area contributed by atoms with Gasteiger partial charge in [0.25, 0.3) is 0 Å². The van der Waals surface area contributed by atoms with E-state index in [4.69, 9.17) is 0 Å². The molecule has 2 aromatic rings. The number of hydrogen-bond acceptors (Lipinski definition) is 1. The summed E-state index contributed by atoms with van der Waals surface area (Å²) in [6, 6.07) is 11.5. The molecule has 1 nitrogen and oxygen atoms in total. The molecule has 0 saturated heterocycles. The second kappa shape index (κ2) is 5.40. The molecule has 0 aromatic heterocycles. The lowest BCUT2D eigenvalue weighted by Crippen LogP contribution is -2.03.